The van der Waals surface area contributed by atoms with Gasteiger partial charge in [0, 0.05) is 26.8 Å². The van der Waals surface area contributed by atoms with Crippen LogP contribution in [-0.2, 0) is 14.3 Å². The monoisotopic (exact) mass is 252 g/mol. The Morgan fingerprint density at radius 3 is 3.00 bits per heavy atom. The van der Waals surface area contributed by atoms with E-state index in [-0.39, 0.29) is 31.0 Å². The van der Waals surface area contributed by atoms with Gasteiger partial charge in [-0.15, -0.1) is 12.4 Å². The highest BCUT2D eigenvalue weighted by Crippen LogP contribution is 2.06. The standard InChI is InChI=1S/C10H20N2O3.ClH/c1-8-6-12(4-3-5-15-8)10(13)9(11)7-14-2;/h8-9H,3-7,11H2,1-2H3;1H. The van der Waals surface area contributed by atoms with E-state index in [9.17, 15) is 4.79 Å². The van der Waals surface area contributed by atoms with Gasteiger partial charge in [-0.1, -0.05) is 0 Å². The molecule has 1 fully saturated rings. The van der Waals surface area contributed by atoms with Crippen LogP contribution in [0.3, 0.4) is 0 Å². The lowest BCUT2D eigenvalue weighted by Gasteiger charge is -2.24. The van der Waals surface area contributed by atoms with Gasteiger partial charge in [-0.25, -0.2) is 0 Å². The SMILES string of the molecule is COCC(N)C(=O)N1CCCOC(C)C1.Cl. The molecule has 1 aliphatic heterocycles. The molecule has 0 saturated carbocycles. The summed E-state index contributed by atoms with van der Waals surface area (Å²) in [6.45, 7) is 4.29. The quantitative estimate of drug-likeness (QED) is 0.769. The number of carbonyl (C=O) groups excluding carboxylic acids is 1. The highest BCUT2D eigenvalue weighted by Gasteiger charge is 2.24. The van der Waals surface area contributed by atoms with Crippen LogP contribution in [-0.4, -0.2) is 56.4 Å². The number of carbonyl (C=O) groups is 1. The van der Waals surface area contributed by atoms with Crippen molar-refractivity contribution in [2.45, 2.75) is 25.5 Å². The molecule has 1 heterocycles. The molecule has 1 saturated heterocycles. The average molecular weight is 253 g/mol. The summed E-state index contributed by atoms with van der Waals surface area (Å²) >= 11 is 0. The first-order valence-corrected chi connectivity index (χ1v) is 5.30. The lowest BCUT2D eigenvalue weighted by atomic mass is 10.2. The number of nitrogens with two attached hydrogens (primary N) is 1. The Morgan fingerprint density at radius 2 is 2.38 bits per heavy atom. The highest BCUT2D eigenvalue weighted by atomic mass is 35.5. The third-order valence-corrected chi connectivity index (χ3v) is 2.43. The third-order valence-electron chi connectivity index (χ3n) is 2.43. The normalized spacial score (nSPS) is 23.2. The summed E-state index contributed by atoms with van der Waals surface area (Å²) in [5.41, 5.74) is 5.70. The second kappa shape index (κ2) is 7.84. The first-order chi connectivity index (χ1) is 7.15. The van der Waals surface area contributed by atoms with Crippen molar-refractivity contribution < 1.29 is 14.3 Å². The van der Waals surface area contributed by atoms with E-state index >= 15 is 0 Å². The van der Waals surface area contributed by atoms with E-state index in [1.54, 1.807) is 12.0 Å². The van der Waals surface area contributed by atoms with Gasteiger partial charge in [0.1, 0.15) is 6.04 Å². The lowest BCUT2D eigenvalue weighted by Crippen LogP contribution is -2.47. The zero-order chi connectivity index (χ0) is 11.3. The molecule has 16 heavy (non-hydrogen) atoms. The van der Waals surface area contributed by atoms with Gasteiger partial charge in [-0.2, -0.15) is 0 Å². The first kappa shape index (κ1) is 15.6. The Morgan fingerprint density at radius 1 is 1.69 bits per heavy atom. The summed E-state index contributed by atoms with van der Waals surface area (Å²) in [4.78, 5) is 13.6. The second-order valence-electron chi connectivity index (χ2n) is 3.88. The third kappa shape index (κ3) is 4.65. The molecule has 1 aliphatic rings. The van der Waals surface area contributed by atoms with Crippen molar-refractivity contribution in [3.05, 3.63) is 0 Å². The summed E-state index contributed by atoms with van der Waals surface area (Å²) in [6, 6.07) is -0.555. The molecule has 0 bridgehead atoms. The zero-order valence-corrected chi connectivity index (χ0v) is 10.7. The molecule has 1 amide bonds. The molecule has 2 unspecified atom stereocenters. The Labute approximate surface area is 103 Å². The molecule has 2 N–H and O–H groups in total. The molecule has 1 rings (SSSR count). The minimum absolute atomic E-state index is 0. The number of methoxy groups -OCH3 is 1. The molecule has 0 aromatic heterocycles. The molecular weight excluding hydrogens is 232 g/mol. The van der Waals surface area contributed by atoms with Crippen LogP contribution in [0.2, 0.25) is 0 Å². The van der Waals surface area contributed by atoms with Gasteiger partial charge >= 0.3 is 0 Å². The van der Waals surface area contributed by atoms with Crippen LogP contribution in [0.5, 0.6) is 0 Å². The molecule has 0 aliphatic carbocycles. The van der Waals surface area contributed by atoms with Crippen molar-refractivity contribution in [2.75, 3.05) is 33.4 Å². The van der Waals surface area contributed by atoms with Crippen molar-refractivity contribution in [3.63, 3.8) is 0 Å². The fourth-order valence-electron chi connectivity index (χ4n) is 1.68. The van der Waals surface area contributed by atoms with Gasteiger partial charge in [0.15, 0.2) is 0 Å². The van der Waals surface area contributed by atoms with Crippen molar-refractivity contribution >= 4 is 18.3 Å². The Kier molecular flexibility index (Phi) is 7.66. The smallest absolute Gasteiger partial charge is 0.241 e. The Hall–Kier alpha value is -0.360. The van der Waals surface area contributed by atoms with Gasteiger partial charge in [0.25, 0.3) is 0 Å². The summed E-state index contributed by atoms with van der Waals surface area (Å²) in [7, 11) is 1.54. The summed E-state index contributed by atoms with van der Waals surface area (Å²) in [5.74, 6) is -0.0470. The fraction of sp³-hybridized carbons (Fsp3) is 0.900. The number of nitrogens with zero attached hydrogens (tertiary/aromatic N) is 1. The molecule has 2 atom stereocenters. The van der Waals surface area contributed by atoms with Crippen LogP contribution >= 0.6 is 12.4 Å². The molecular formula is C10H21ClN2O3. The Balaban J connectivity index is 0.00000225. The van der Waals surface area contributed by atoms with Crippen molar-refractivity contribution in [2.24, 2.45) is 5.73 Å². The van der Waals surface area contributed by atoms with Gasteiger partial charge in [0.2, 0.25) is 5.91 Å². The molecule has 6 heteroatoms. The molecule has 0 radical (unpaired) electrons. The lowest BCUT2D eigenvalue weighted by molar-refractivity contribution is -0.134. The van der Waals surface area contributed by atoms with Crippen LogP contribution in [0.4, 0.5) is 0 Å². The van der Waals surface area contributed by atoms with E-state index in [1.165, 1.54) is 0 Å². The summed E-state index contributed by atoms with van der Waals surface area (Å²) in [5, 5.41) is 0. The van der Waals surface area contributed by atoms with Crippen LogP contribution < -0.4 is 5.73 Å². The number of amides is 1. The second-order valence-corrected chi connectivity index (χ2v) is 3.88. The van der Waals surface area contributed by atoms with E-state index in [1.807, 2.05) is 6.92 Å². The molecule has 0 aromatic rings. The van der Waals surface area contributed by atoms with E-state index in [2.05, 4.69) is 0 Å². The fourth-order valence-corrected chi connectivity index (χ4v) is 1.68. The van der Waals surface area contributed by atoms with Crippen molar-refractivity contribution in [3.8, 4) is 0 Å². The average Bonchev–Trinajstić information content (AvgIpc) is 2.42. The molecule has 96 valence electrons. The summed E-state index contributed by atoms with van der Waals surface area (Å²) < 4.78 is 10.3. The van der Waals surface area contributed by atoms with E-state index in [0.717, 1.165) is 13.0 Å². The van der Waals surface area contributed by atoms with Crippen molar-refractivity contribution in [1.29, 1.82) is 0 Å². The van der Waals surface area contributed by atoms with E-state index in [0.29, 0.717) is 13.2 Å². The van der Waals surface area contributed by atoms with Crippen LogP contribution in [0, 0.1) is 0 Å². The largest absolute Gasteiger partial charge is 0.383 e. The van der Waals surface area contributed by atoms with Crippen LogP contribution in [0.25, 0.3) is 0 Å². The molecule has 5 nitrogen and oxygen atoms in total. The number of hydrogen-bond acceptors (Lipinski definition) is 4. The molecule has 0 spiro atoms. The minimum atomic E-state index is -0.555. The first-order valence-electron chi connectivity index (χ1n) is 5.30. The van der Waals surface area contributed by atoms with Crippen LogP contribution in [0.1, 0.15) is 13.3 Å². The minimum Gasteiger partial charge on any atom is -0.383 e. The number of halogens is 1. The zero-order valence-electron chi connectivity index (χ0n) is 9.85. The summed E-state index contributed by atoms with van der Waals surface area (Å²) in [6.07, 6.45) is 0.960. The maximum atomic E-state index is 11.9. The van der Waals surface area contributed by atoms with E-state index in [4.69, 9.17) is 15.2 Å². The van der Waals surface area contributed by atoms with Gasteiger partial charge in [-0.05, 0) is 13.3 Å². The predicted molar refractivity (Wildman–Crippen MR) is 63.7 cm³/mol. The Bertz CT molecular complexity index is 216. The number of rotatable bonds is 3. The maximum Gasteiger partial charge on any atom is 0.241 e. The highest BCUT2D eigenvalue weighted by molar-refractivity contribution is 5.85. The predicted octanol–water partition coefficient (Wildman–Crippen LogP) is 0.0193. The van der Waals surface area contributed by atoms with Gasteiger partial charge < -0.3 is 20.1 Å². The topological polar surface area (TPSA) is 64.8 Å². The van der Waals surface area contributed by atoms with E-state index < -0.39 is 6.04 Å². The van der Waals surface area contributed by atoms with Crippen molar-refractivity contribution in [1.82, 2.24) is 4.90 Å². The van der Waals surface area contributed by atoms with Gasteiger partial charge in [-0.3, -0.25) is 4.79 Å². The number of ether oxygens (including phenoxy) is 2. The van der Waals surface area contributed by atoms with Gasteiger partial charge in [0.05, 0.1) is 12.7 Å². The molecule has 0 aromatic carbocycles. The maximum absolute atomic E-state index is 11.9. The van der Waals surface area contributed by atoms with Crippen LogP contribution in [0.15, 0.2) is 0 Å². The number of hydrogen-bond donors (Lipinski definition) is 1.